The van der Waals surface area contributed by atoms with Crippen LogP contribution in [0.1, 0.15) is 25.2 Å². The van der Waals surface area contributed by atoms with Gasteiger partial charge >= 0.3 is 0 Å². The molecule has 7 heterocycles. The Morgan fingerprint density at radius 3 is 2.64 bits per heavy atom. The summed E-state index contributed by atoms with van der Waals surface area (Å²) in [6.07, 6.45) is 21.5. The predicted molar refractivity (Wildman–Crippen MR) is 152 cm³/mol. The molecule has 0 aromatic carbocycles. The van der Waals surface area contributed by atoms with Gasteiger partial charge in [-0.15, -0.1) is 0 Å². The summed E-state index contributed by atoms with van der Waals surface area (Å²) in [5.41, 5.74) is 4.23. The lowest BCUT2D eigenvalue weighted by atomic mass is 9.83. The van der Waals surface area contributed by atoms with Gasteiger partial charge in [0.25, 0.3) is 0 Å². The molecule has 4 aliphatic rings. The average Bonchev–Trinajstić information content (AvgIpc) is 3.72. The summed E-state index contributed by atoms with van der Waals surface area (Å²) in [6.45, 7) is 5.87. The van der Waals surface area contributed by atoms with Gasteiger partial charge in [-0.1, -0.05) is 0 Å². The van der Waals surface area contributed by atoms with E-state index in [1.54, 1.807) is 12.5 Å². The first-order chi connectivity index (χ1) is 18.8. The monoisotopic (exact) mass is 513 g/mol. The second-order valence-electron chi connectivity index (χ2n) is 10.8. The summed E-state index contributed by atoms with van der Waals surface area (Å²) in [5, 5.41) is 5.36. The first-order valence-electron chi connectivity index (χ1n) is 13.0. The number of carbonyl (C=O) groups excluding carboxylic acids is 1. The Morgan fingerprint density at radius 2 is 1.82 bits per heavy atom. The molecule has 39 heavy (non-hydrogen) atoms. The number of hydrogen-bond donors (Lipinski definition) is 2. The molecule has 0 radical (unpaired) electrons. The number of aryl methyl sites for hydroxylation is 1. The number of aliphatic imine (C=N–C) groups is 2. The maximum atomic E-state index is 13.6. The van der Waals surface area contributed by atoms with Gasteiger partial charge in [0.15, 0.2) is 5.78 Å². The number of Topliss-reactive ketones (excluding diaryl/α,β-unsaturated/α-hetero) is 1. The molecule has 3 aromatic heterocycles. The van der Waals surface area contributed by atoms with Crippen molar-refractivity contribution < 1.29 is 4.79 Å². The van der Waals surface area contributed by atoms with Gasteiger partial charge in [-0.2, -0.15) is 0 Å². The van der Waals surface area contributed by atoms with Crippen LogP contribution >= 0.6 is 0 Å². The van der Waals surface area contributed by atoms with Gasteiger partial charge in [-0.3, -0.25) is 14.8 Å². The zero-order chi connectivity index (χ0) is 26.8. The average molecular weight is 514 g/mol. The Morgan fingerprint density at radius 1 is 1.00 bits per heavy atom. The van der Waals surface area contributed by atoms with E-state index in [9.17, 15) is 4.79 Å². The van der Waals surface area contributed by atoms with Crippen LogP contribution in [0.4, 0.5) is 0 Å². The number of aromatic nitrogens is 4. The molecule has 8 heteroatoms. The number of aromatic amines is 1. The highest BCUT2D eigenvalue weighted by Crippen LogP contribution is 2.41. The number of nitrogens with zero attached hydrogens (tertiary/aromatic N) is 5. The van der Waals surface area contributed by atoms with Crippen LogP contribution in [0.5, 0.6) is 0 Å². The van der Waals surface area contributed by atoms with Crippen LogP contribution in [-0.2, 0) is 10.3 Å². The fourth-order valence-electron chi connectivity index (χ4n) is 5.39. The van der Waals surface area contributed by atoms with E-state index in [1.165, 1.54) is 0 Å². The van der Waals surface area contributed by atoms with Crippen molar-refractivity contribution in [2.45, 2.75) is 32.4 Å². The number of nitrogens with one attached hydrogen (secondary N) is 2. The summed E-state index contributed by atoms with van der Waals surface area (Å²) >= 11 is 0. The molecule has 3 aromatic rings. The Bertz CT molecular complexity index is 1860. The third-order valence-corrected chi connectivity index (χ3v) is 7.60. The number of hydrogen-bond acceptors (Lipinski definition) is 6. The van der Waals surface area contributed by atoms with Crippen LogP contribution in [0.15, 0.2) is 101 Å². The third kappa shape index (κ3) is 3.96. The SMILES string of the molecule is Cc1cc(-n2cnc(C34C=CC(=N3)C=c3ccc([nH]3)=CC3=NC(=CC5NC(=C4)C(C)(C)C5=O)C=C3)c2)ccn1. The number of fused-ring (bicyclic) bond motifs is 6. The van der Waals surface area contributed by atoms with Crippen molar-refractivity contribution in [2.24, 2.45) is 15.4 Å². The van der Waals surface area contributed by atoms with E-state index in [0.29, 0.717) is 0 Å². The van der Waals surface area contributed by atoms with Gasteiger partial charge in [0.05, 0.1) is 34.6 Å². The van der Waals surface area contributed by atoms with E-state index in [-0.39, 0.29) is 5.78 Å². The molecular weight excluding hydrogens is 486 g/mol. The van der Waals surface area contributed by atoms with Crippen molar-refractivity contribution in [3.63, 3.8) is 0 Å². The summed E-state index contributed by atoms with van der Waals surface area (Å²) in [4.78, 5) is 36.0. The van der Waals surface area contributed by atoms with Crippen molar-refractivity contribution in [2.75, 3.05) is 0 Å². The Labute approximate surface area is 225 Å². The highest BCUT2D eigenvalue weighted by atomic mass is 16.1. The molecule has 8 bridgehead atoms. The molecule has 2 atom stereocenters. The molecule has 8 nitrogen and oxygen atoms in total. The summed E-state index contributed by atoms with van der Waals surface area (Å²) in [7, 11) is 0. The topological polar surface area (TPSA) is 100 Å². The largest absolute Gasteiger partial charge is 0.375 e. The maximum Gasteiger partial charge on any atom is 0.170 e. The molecule has 1 saturated heterocycles. The normalized spacial score (nSPS) is 24.4. The number of carbonyl (C=O) groups is 1. The highest BCUT2D eigenvalue weighted by molar-refractivity contribution is 6.20. The summed E-state index contributed by atoms with van der Waals surface area (Å²) in [5.74, 6) is 0.0888. The number of ketones is 1. The maximum absolute atomic E-state index is 13.6. The molecule has 0 saturated carbocycles. The minimum absolute atomic E-state index is 0.0888. The lowest BCUT2D eigenvalue weighted by molar-refractivity contribution is -0.123. The predicted octanol–water partition coefficient (Wildman–Crippen LogP) is 2.73. The van der Waals surface area contributed by atoms with E-state index in [1.807, 2.05) is 104 Å². The Kier molecular flexibility index (Phi) is 4.97. The van der Waals surface area contributed by atoms with Gasteiger partial charge in [-0.25, -0.2) is 9.98 Å². The van der Waals surface area contributed by atoms with Gasteiger partial charge in [0.1, 0.15) is 11.6 Å². The highest BCUT2D eigenvalue weighted by Gasteiger charge is 2.46. The van der Waals surface area contributed by atoms with Crippen LogP contribution in [0, 0.1) is 12.3 Å². The molecule has 0 spiro atoms. The van der Waals surface area contributed by atoms with Crippen molar-refractivity contribution in [3.8, 4) is 5.69 Å². The quantitative estimate of drug-likeness (QED) is 0.550. The number of H-pyrrole nitrogens is 1. The molecular formula is C31H27N7O. The number of allylic oxidation sites excluding steroid dienone is 4. The Balaban J connectivity index is 1.42. The van der Waals surface area contributed by atoms with E-state index in [0.717, 1.165) is 50.6 Å². The van der Waals surface area contributed by atoms with Crippen molar-refractivity contribution in [3.05, 3.63) is 113 Å². The molecule has 2 N–H and O–H groups in total. The van der Waals surface area contributed by atoms with Crippen LogP contribution in [0.2, 0.25) is 0 Å². The zero-order valence-electron chi connectivity index (χ0n) is 21.9. The smallest absolute Gasteiger partial charge is 0.170 e. The second kappa shape index (κ2) is 8.33. The first-order valence-corrected chi connectivity index (χ1v) is 13.0. The van der Waals surface area contributed by atoms with Crippen molar-refractivity contribution in [1.29, 1.82) is 0 Å². The van der Waals surface area contributed by atoms with Gasteiger partial charge in [0, 0.05) is 40.2 Å². The van der Waals surface area contributed by atoms with Gasteiger partial charge in [0.2, 0.25) is 0 Å². The Hall–Kier alpha value is -4.85. The molecule has 1 fully saturated rings. The summed E-state index contributed by atoms with van der Waals surface area (Å²) in [6, 6.07) is 7.51. The molecule has 4 aliphatic heterocycles. The van der Waals surface area contributed by atoms with Crippen molar-refractivity contribution >= 4 is 29.4 Å². The second-order valence-corrected chi connectivity index (χ2v) is 10.8. The molecule has 7 rings (SSSR count). The van der Waals surface area contributed by atoms with Crippen LogP contribution < -0.4 is 16.0 Å². The zero-order valence-corrected chi connectivity index (χ0v) is 21.9. The number of imidazole rings is 1. The summed E-state index contributed by atoms with van der Waals surface area (Å²) < 4.78 is 1.97. The molecule has 192 valence electrons. The van der Waals surface area contributed by atoms with Gasteiger partial charge < -0.3 is 14.9 Å². The van der Waals surface area contributed by atoms with E-state index >= 15 is 0 Å². The lowest BCUT2D eigenvalue weighted by Crippen LogP contribution is -2.27. The molecule has 0 aliphatic carbocycles. The van der Waals surface area contributed by atoms with E-state index in [4.69, 9.17) is 15.0 Å². The lowest BCUT2D eigenvalue weighted by Gasteiger charge is -2.23. The number of pyridine rings is 1. The fourth-order valence-corrected chi connectivity index (χ4v) is 5.39. The van der Waals surface area contributed by atoms with Crippen LogP contribution in [-0.4, -0.2) is 42.8 Å². The fraction of sp³-hybridized carbons (Fsp3) is 0.194. The number of rotatable bonds is 2. The van der Waals surface area contributed by atoms with Crippen LogP contribution in [0.25, 0.3) is 17.8 Å². The minimum Gasteiger partial charge on any atom is -0.375 e. The first kappa shape index (κ1) is 23.3. The van der Waals surface area contributed by atoms with Crippen LogP contribution in [0.3, 0.4) is 0 Å². The van der Waals surface area contributed by atoms with E-state index in [2.05, 4.69) is 15.3 Å². The standard InChI is InChI=1S/C31H27N7O/c1-19-12-25(9-11-32-19)38-17-28(33-18-38)31-10-8-24(37-31)14-22-5-4-20(34-22)13-21-6-7-23(35-21)15-26-29(39)30(2,3)27(16-31)36-26/h4-18,26,34,36H,1-3H3. The van der Waals surface area contributed by atoms with Crippen molar-refractivity contribution in [1.82, 2.24) is 24.8 Å². The molecule has 2 unspecified atom stereocenters. The van der Waals surface area contributed by atoms with E-state index < -0.39 is 17.0 Å². The third-order valence-electron chi connectivity index (χ3n) is 7.60. The van der Waals surface area contributed by atoms with Gasteiger partial charge in [-0.05, 0) is 93.6 Å². The minimum atomic E-state index is -0.891. The molecule has 0 amide bonds.